The van der Waals surface area contributed by atoms with Crippen molar-refractivity contribution in [3.63, 3.8) is 0 Å². The largest absolute Gasteiger partial charge is 0.493 e. The Labute approximate surface area is 226 Å². The number of methoxy groups -OCH3 is 2. The van der Waals surface area contributed by atoms with Crippen LogP contribution in [0, 0.1) is 0 Å². The van der Waals surface area contributed by atoms with E-state index in [1.165, 1.54) is 13.3 Å². The molecule has 0 radical (unpaired) electrons. The van der Waals surface area contributed by atoms with Crippen LogP contribution in [0.3, 0.4) is 0 Å². The fourth-order valence-electron chi connectivity index (χ4n) is 3.91. The van der Waals surface area contributed by atoms with E-state index in [0.29, 0.717) is 53.0 Å². The molecule has 0 fully saturated rings. The van der Waals surface area contributed by atoms with Crippen LogP contribution in [-0.4, -0.2) is 63.6 Å². The fraction of sp³-hybridized carbons (Fsp3) is 0.370. The fourth-order valence-corrected chi connectivity index (χ4v) is 3.91. The van der Waals surface area contributed by atoms with Gasteiger partial charge < -0.3 is 39.4 Å². The van der Waals surface area contributed by atoms with E-state index < -0.39 is 24.3 Å². The number of allylic oxidation sites excluding steroid dienone is 1. The Balaban J connectivity index is 1.71. The topological polar surface area (TPSA) is 149 Å². The van der Waals surface area contributed by atoms with Crippen LogP contribution >= 0.6 is 0 Å². The van der Waals surface area contributed by atoms with Gasteiger partial charge in [-0.2, -0.15) is 5.10 Å². The van der Waals surface area contributed by atoms with Gasteiger partial charge in [-0.25, -0.2) is 9.59 Å². The molecule has 2 aromatic carbocycles. The number of ether oxygens (including phenoxy) is 5. The molecule has 4 N–H and O–H groups in total. The maximum atomic E-state index is 12.4. The van der Waals surface area contributed by atoms with Gasteiger partial charge in [0.1, 0.15) is 6.61 Å². The number of benzene rings is 2. The standard InChI is InChI=1S/C27H34N4O8/c1-6-37-21-13-17(24-23(26(33)36-5)16(3)29-27(34)30-24)11-12-19(21)39-15-22(32)31-28-14-18-9-8-10-20(35-4)25(18)38-7-2/h8-14,22,24,31-32H,6-7,15H2,1-5H3,(H2,29,30,34)/b28-14+/t22-,24-/m0/s1. The summed E-state index contributed by atoms with van der Waals surface area (Å²) >= 11 is 0. The number of carbonyl (C=O) groups is 2. The molecule has 1 aliphatic rings. The lowest BCUT2D eigenvalue weighted by Crippen LogP contribution is -2.45. The molecule has 12 nitrogen and oxygen atoms in total. The zero-order valence-corrected chi connectivity index (χ0v) is 22.6. The number of nitrogens with zero attached hydrogens (tertiary/aromatic N) is 1. The van der Waals surface area contributed by atoms with Gasteiger partial charge in [-0.3, -0.25) is 5.43 Å². The van der Waals surface area contributed by atoms with Gasteiger partial charge in [0, 0.05) is 11.3 Å². The third kappa shape index (κ3) is 7.32. The molecule has 0 bridgehead atoms. The molecule has 3 rings (SSSR count). The zero-order chi connectivity index (χ0) is 28.4. The predicted octanol–water partition coefficient (Wildman–Crippen LogP) is 2.61. The molecule has 0 saturated heterocycles. The maximum Gasteiger partial charge on any atom is 0.337 e. The second-order valence-electron chi connectivity index (χ2n) is 8.23. The average Bonchev–Trinajstić information content (AvgIpc) is 2.92. The average molecular weight is 543 g/mol. The van der Waals surface area contributed by atoms with Crippen molar-refractivity contribution in [2.45, 2.75) is 33.0 Å². The van der Waals surface area contributed by atoms with Gasteiger partial charge in [0.25, 0.3) is 0 Å². The summed E-state index contributed by atoms with van der Waals surface area (Å²) in [4.78, 5) is 24.5. The van der Waals surface area contributed by atoms with Crippen molar-refractivity contribution >= 4 is 18.2 Å². The summed E-state index contributed by atoms with van der Waals surface area (Å²) in [5, 5.41) is 19.8. The molecule has 2 amide bonds. The summed E-state index contributed by atoms with van der Waals surface area (Å²) < 4.78 is 27.4. The normalized spacial score (nSPS) is 15.7. The SMILES string of the molecule is CCOc1cc([C@@H]2NC(=O)NC(C)=C2C(=O)OC)ccc1OC[C@H](O)N/N=C/c1cccc(OC)c1OCC. The van der Waals surface area contributed by atoms with Gasteiger partial charge in [-0.1, -0.05) is 12.1 Å². The number of esters is 1. The summed E-state index contributed by atoms with van der Waals surface area (Å²) in [5.41, 5.74) is 4.54. The molecule has 1 aliphatic heterocycles. The van der Waals surface area contributed by atoms with Crippen molar-refractivity contribution in [1.29, 1.82) is 0 Å². The highest BCUT2D eigenvalue weighted by atomic mass is 16.5. The molecule has 0 aromatic heterocycles. The first kappa shape index (κ1) is 29.1. The molecule has 0 aliphatic carbocycles. The molecule has 2 aromatic rings. The molecule has 0 spiro atoms. The number of hydrogen-bond donors (Lipinski definition) is 4. The molecular formula is C27H34N4O8. The first-order valence-electron chi connectivity index (χ1n) is 12.3. The Bertz CT molecular complexity index is 1230. The molecule has 0 unspecified atom stereocenters. The maximum absolute atomic E-state index is 12.4. The quantitative estimate of drug-likeness (QED) is 0.130. The van der Waals surface area contributed by atoms with Crippen molar-refractivity contribution in [2.75, 3.05) is 34.0 Å². The number of amides is 2. The number of para-hydroxylation sites is 1. The number of aliphatic hydroxyl groups is 1. The third-order valence-corrected chi connectivity index (χ3v) is 5.62. The van der Waals surface area contributed by atoms with Crippen molar-refractivity contribution < 1.29 is 38.4 Å². The summed E-state index contributed by atoms with van der Waals surface area (Å²) in [6.45, 7) is 5.95. The molecule has 39 heavy (non-hydrogen) atoms. The van der Waals surface area contributed by atoms with E-state index in [1.807, 2.05) is 26.0 Å². The van der Waals surface area contributed by atoms with Gasteiger partial charge in [0.2, 0.25) is 0 Å². The third-order valence-electron chi connectivity index (χ3n) is 5.62. The molecular weight excluding hydrogens is 508 g/mol. The second kappa shape index (κ2) is 13.9. The Hall–Kier alpha value is -4.45. The van der Waals surface area contributed by atoms with Crippen molar-refractivity contribution in [3.05, 3.63) is 58.8 Å². The highest BCUT2D eigenvalue weighted by molar-refractivity contribution is 5.95. The van der Waals surface area contributed by atoms with E-state index in [0.717, 1.165) is 0 Å². The molecule has 12 heteroatoms. The number of aliphatic hydroxyl groups excluding tert-OH is 1. The van der Waals surface area contributed by atoms with E-state index in [9.17, 15) is 14.7 Å². The molecule has 0 saturated carbocycles. The lowest BCUT2D eigenvalue weighted by Gasteiger charge is -2.28. The monoisotopic (exact) mass is 542 g/mol. The van der Waals surface area contributed by atoms with Crippen LogP contribution in [0.2, 0.25) is 0 Å². The van der Waals surface area contributed by atoms with Crippen molar-refractivity contribution in [1.82, 2.24) is 16.1 Å². The first-order chi connectivity index (χ1) is 18.8. The minimum atomic E-state index is -1.14. The number of hydrazone groups is 1. The van der Waals surface area contributed by atoms with E-state index in [2.05, 4.69) is 21.2 Å². The molecule has 2 atom stereocenters. The van der Waals surface area contributed by atoms with Crippen molar-refractivity contribution in [3.8, 4) is 23.0 Å². The van der Waals surface area contributed by atoms with Crippen LogP contribution in [0.4, 0.5) is 4.79 Å². The van der Waals surface area contributed by atoms with Crippen LogP contribution in [0.15, 0.2) is 52.8 Å². The second-order valence-corrected chi connectivity index (χ2v) is 8.23. The minimum absolute atomic E-state index is 0.149. The van der Waals surface area contributed by atoms with Gasteiger partial charge in [0.15, 0.2) is 29.2 Å². The lowest BCUT2D eigenvalue weighted by atomic mass is 9.95. The molecule has 210 valence electrons. The number of rotatable bonds is 13. The van der Waals surface area contributed by atoms with Gasteiger partial charge in [-0.05, 0) is 50.6 Å². The van der Waals surface area contributed by atoms with Crippen LogP contribution in [-0.2, 0) is 9.53 Å². The summed E-state index contributed by atoms with van der Waals surface area (Å²) in [6, 6.07) is 9.21. The van der Waals surface area contributed by atoms with Crippen LogP contribution < -0.4 is 35.0 Å². The van der Waals surface area contributed by atoms with E-state index in [-0.39, 0.29) is 12.2 Å². The zero-order valence-electron chi connectivity index (χ0n) is 22.6. The number of nitrogens with one attached hydrogen (secondary N) is 3. The Morgan fingerprint density at radius 2 is 1.87 bits per heavy atom. The summed E-state index contributed by atoms with van der Waals surface area (Å²) in [5.74, 6) is 1.28. The van der Waals surface area contributed by atoms with Crippen LogP contribution in [0.25, 0.3) is 0 Å². The highest BCUT2D eigenvalue weighted by Gasteiger charge is 2.32. The van der Waals surface area contributed by atoms with E-state index in [1.54, 1.807) is 38.3 Å². The van der Waals surface area contributed by atoms with Crippen LogP contribution in [0.5, 0.6) is 23.0 Å². The first-order valence-corrected chi connectivity index (χ1v) is 12.3. The number of carbonyl (C=O) groups excluding carboxylic acids is 2. The number of hydrogen-bond acceptors (Lipinski definition) is 10. The predicted molar refractivity (Wildman–Crippen MR) is 143 cm³/mol. The van der Waals surface area contributed by atoms with Gasteiger partial charge in [0.05, 0.1) is 45.3 Å². The Kier molecular flexibility index (Phi) is 10.4. The molecule has 1 heterocycles. The minimum Gasteiger partial charge on any atom is -0.493 e. The summed E-state index contributed by atoms with van der Waals surface area (Å²) in [6.07, 6.45) is 0.371. The van der Waals surface area contributed by atoms with Gasteiger partial charge >= 0.3 is 12.0 Å². The highest BCUT2D eigenvalue weighted by Crippen LogP contribution is 2.35. The summed E-state index contributed by atoms with van der Waals surface area (Å²) in [7, 11) is 2.83. The smallest absolute Gasteiger partial charge is 0.337 e. The van der Waals surface area contributed by atoms with Gasteiger partial charge in [-0.15, -0.1) is 0 Å². The van der Waals surface area contributed by atoms with Crippen molar-refractivity contribution in [2.24, 2.45) is 5.10 Å². The van der Waals surface area contributed by atoms with Crippen LogP contribution in [0.1, 0.15) is 37.9 Å². The van der Waals surface area contributed by atoms with E-state index >= 15 is 0 Å². The Morgan fingerprint density at radius 1 is 1.10 bits per heavy atom. The number of urea groups is 1. The Morgan fingerprint density at radius 3 is 2.56 bits per heavy atom. The van der Waals surface area contributed by atoms with E-state index in [4.69, 9.17) is 23.7 Å². The lowest BCUT2D eigenvalue weighted by molar-refractivity contribution is -0.136.